The number of anilines is 2. The van der Waals surface area contributed by atoms with Crippen molar-refractivity contribution in [3.8, 4) is 0 Å². The third-order valence-corrected chi connectivity index (χ3v) is 5.65. The molecule has 3 aromatic rings. The molecule has 0 atom stereocenters. The number of fused-ring (bicyclic) bond motifs is 2. The molecule has 8 heteroatoms. The van der Waals surface area contributed by atoms with Crippen molar-refractivity contribution in [2.45, 2.75) is 22.5 Å². The number of hydrogen-bond donors (Lipinski definition) is 1. The Hall–Kier alpha value is -2.84. The summed E-state index contributed by atoms with van der Waals surface area (Å²) in [5.41, 5.74) is 1.07. The lowest BCUT2D eigenvalue weighted by Crippen LogP contribution is -2.85. The Kier molecular flexibility index (Phi) is 5.29. The fourth-order valence-corrected chi connectivity index (χ4v) is 4.21. The Morgan fingerprint density at radius 3 is 2.59 bits per heavy atom. The summed E-state index contributed by atoms with van der Waals surface area (Å²) in [6.45, 7) is 0.656. The van der Waals surface area contributed by atoms with Gasteiger partial charge >= 0.3 is 6.18 Å². The smallest absolute Gasteiger partial charge is 0.335 e. The molecule has 29 heavy (non-hydrogen) atoms. The number of benzene rings is 2. The van der Waals surface area contributed by atoms with Crippen LogP contribution in [0, 0.1) is 0 Å². The van der Waals surface area contributed by atoms with Crippen molar-refractivity contribution >= 4 is 29.0 Å². The maximum atomic E-state index is 13.2. The van der Waals surface area contributed by atoms with E-state index in [0.717, 1.165) is 22.6 Å². The molecule has 1 aliphatic rings. The van der Waals surface area contributed by atoms with E-state index < -0.39 is 11.7 Å². The normalized spacial score (nSPS) is 13.0. The van der Waals surface area contributed by atoms with E-state index in [1.54, 1.807) is 24.5 Å². The maximum absolute atomic E-state index is 13.2. The second kappa shape index (κ2) is 7.88. The van der Waals surface area contributed by atoms with Crippen LogP contribution in [0.4, 0.5) is 24.5 Å². The summed E-state index contributed by atoms with van der Waals surface area (Å²) >= 11 is 1.36. The highest BCUT2D eigenvalue weighted by molar-refractivity contribution is 7.99. The molecule has 2 N–H and O–H groups in total. The highest BCUT2D eigenvalue weighted by Crippen LogP contribution is 2.49. The molecule has 1 amide bonds. The summed E-state index contributed by atoms with van der Waals surface area (Å²) in [4.78, 5) is 20.0. The van der Waals surface area contributed by atoms with Crippen LogP contribution in [-0.2, 0) is 17.5 Å². The number of pyridine rings is 1. The monoisotopic (exact) mass is 416 g/mol. The molecule has 2 aromatic carbocycles. The summed E-state index contributed by atoms with van der Waals surface area (Å²) in [7, 11) is 0. The Morgan fingerprint density at radius 1 is 1.03 bits per heavy atom. The SMILES string of the molecule is O=C(C[NH2+]Cc1cccnc1)N1c2ccccc2Sc2ccc(C(F)(F)F)cc21. The van der Waals surface area contributed by atoms with Crippen LogP contribution in [0.15, 0.2) is 76.8 Å². The molecular formula is C21H17F3N3OS+. The second-order valence-electron chi connectivity index (χ2n) is 6.54. The van der Waals surface area contributed by atoms with E-state index in [9.17, 15) is 18.0 Å². The van der Waals surface area contributed by atoms with Crippen molar-refractivity contribution in [3.63, 3.8) is 0 Å². The van der Waals surface area contributed by atoms with E-state index in [1.807, 2.05) is 29.6 Å². The van der Waals surface area contributed by atoms with Crippen molar-refractivity contribution in [1.29, 1.82) is 0 Å². The number of amides is 1. The first kappa shape index (κ1) is 19.5. The van der Waals surface area contributed by atoms with Crippen molar-refractivity contribution in [2.24, 2.45) is 0 Å². The minimum absolute atomic E-state index is 0.101. The van der Waals surface area contributed by atoms with E-state index in [4.69, 9.17) is 0 Å². The van der Waals surface area contributed by atoms with Gasteiger partial charge in [-0.25, -0.2) is 0 Å². The lowest BCUT2D eigenvalue weighted by Gasteiger charge is -2.31. The Labute approximate surface area is 169 Å². The number of hydrogen-bond acceptors (Lipinski definition) is 3. The molecule has 0 unspecified atom stereocenters. The van der Waals surface area contributed by atoms with E-state index in [0.29, 0.717) is 17.1 Å². The molecule has 4 rings (SSSR count). The van der Waals surface area contributed by atoms with Crippen LogP contribution < -0.4 is 10.2 Å². The number of nitrogens with two attached hydrogens (primary N) is 1. The van der Waals surface area contributed by atoms with E-state index in [1.165, 1.54) is 22.7 Å². The molecule has 0 radical (unpaired) electrons. The molecule has 0 fully saturated rings. The first-order valence-corrected chi connectivity index (χ1v) is 9.77. The first-order chi connectivity index (χ1) is 13.9. The minimum Gasteiger partial charge on any atom is -0.335 e. The van der Waals surface area contributed by atoms with Gasteiger partial charge in [0.05, 0.1) is 16.9 Å². The van der Waals surface area contributed by atoms with Crippen molar-refractivity contribution in [2.75, 3.05) is 11.4 Å². The fourth-order valence-electron chi connectivity index (χ4n) is 3.17. The second-order valence-corrected chi connectivity index (χ2v) is 7.62. The summed E-state index contributed by atoms with van der Waals surface area (Å²) in [6.07, 6.45) is -1.08. The van der Waals surface area contributed by atoms with Crippen LogP contribution in [0.3, 0.4) is 0 Å². The number of aromatic nitrogens is 1. The van der Waals surface area contributed by atoms with Crippen LogP contribution in [-0.4, -0.2) is 17.4 Å². The summed E-state index contributed by atoms with van der Waals surface area (Å²) in [5, 5.41) is 1.82. The Bertz CT molecular complexity index is 1040. The van der Waals surface area contributed by atoms with Gasteiger partial charge in [0.25, 0.3) is 5.91 Å². The van der Waals surface area contributed by atoms with Crippen LogP contribution in [0.2, 0.25) is 0 Å². The standard InChI is InChI=1S/C21H16F3N3OS/c22-21(23,24)15-7-8-19-17(10-15)27(16-5-1-2-6-18(16)29-19)20(28)13-26-12-14-4-3-9-25-11-14/h1-11,26H,12-13H2/p+1. The lowest BCUT2D eigenvalue weighted by atomic mass is 10.1. The average Bonchev–Trinajstić information content (AvgIpc) is 2.71. The van der Waals surface area contributed by atoms with Gasteiger partial charge in [-0.3, -0.25) is 14.7 Å². The number of nitrogens with zero attached hydrogens (tertiary/aromatic N) is 2. The Balaban J connectivity index is 1.63. The quantitative estimate of drug-likeness (QED) is 0.700. The zero-order chi connectivity index (χ0) is 20.4. The number of carbonyl (C=O) groups excluding carboxylic acids is 1. The third kappa shape index (κ3) is 4.13. The molecule has 0 saturated carbocycles. The summed E-state index contributed by atoms with van der Waals surface area (Å²) in [6, 6.07) is 14.5. The van der Waals surface area contributed by atoms with Crippen LogP contribution in [0.25, 0.3) is 0 Å². The van der Waals surface area contributed by atoms with Gasteiger partial charge in [-0.1, -0.05) is 30.0 Å². The Morgan fingerprint density at radius 2 is 1.83 bits per heavy atom. The number of halogens is 3. The molecule has 1 aromatic heterocycles. The molecule has 2 heterocycles. The molecule has 0 bridgehead atoms. The van der Waals surface area contributed by atoms with Crippen molar-refractivity contribution in [3.05, 3.63) is 78.1 Å². The number of alkyl halides is 3. The van der Waals surface area contributed by atoms with Gasteiger partial charge in [0.2, 0.25) is 0 Å². The van der Waals surface area contributed by atoms with Gasteiger partial charge in [0, 0.05) is 27.7 Å². The van der Waals surface area contributed by atoms with Gasteiger partial charge in [-0.2, -0.15) is 13.2 Å². The highest BCUT2D eigenvalue weighted by Gasteiger charge is 2.35. The van der Waals surface area contributed by atoms with Crippen LogP contribution >= 0.6 is 11.8 Å². The van der Waals surface area contributed by atoms with Crippen LogP contribution in [0.1, 0.15) is 11.1 Å². The van der Waals surface area contributed by atoms with E-state index in [2.05, 4.69) is 4.98 Å². The van der Waals surface area contributed by atoms with Gasteiger partial charge in [-0.15, -0.1) is 0 Å². The number of quaternary nitrogens is 1. The topological polar surface area (TPSA) is 49.8 Å². The van der Waals surface area contributed by atoms with Gasteiger partial charge < -0.3 is 5.32 Å². The molecule has 4 nitrogen and oxygen atoms in total. The zero-order valence-electron chi connectivity index (χ0n) is 15.2. The predicted molar refractivity (Wildman–Crippen MR) is 104 cm³/mol. The van der Waals surface area contributed by atoms with Crippen molar-refractivity contribution < 1.29 is 23.3 Å². The third-order valence-electron chi connectivity index (χ3n) is 4.52. The maximum Gasteiger partial charge on any atom is 0.416 e. The summed E-state index contributed by atoms with van der Waals surface area (Å²) < 4.78 is 39.7. The number of rotatable bonds is 4. The summed E-state index contributed by atoms with van der Waals surface area (Å²) in [5.74, 6) is -0.276. The van der Waals surface area contributed by atoms with E-state index in [-0.39, 0.29) is 18.1 Å². The fraction of sp³-hybridized carbons (Fsp3) is 0.143. The first-order valence-electron chi connectivity index (χ1n) is 8.95. The largest absolute Gasteiger partial charge is 0.416 e. The number of para-hydroxylation sites is 1. The number of carbonyl (C=O) groups is 1. The molecule has 0 saturated heterocycles. The van der Waals surface area contributed by atoms with Gasteiger partial charge in [0.1, 0.15) is 6.54 Å². The van der Waals surface area contributed by atoms with E-state index >= 15 is 0 Å². The molecule has 0 aliphatic carbocycles. The van der Waals surface area contributed by atoms with Crippen molar-refractivity contribution in [1.82, 2.24) is 4.98 Å². The molecule has 0 spiro atoms. The molecular weight excluding hydrogens is 399 g/mol. The lowest BCUT2D eigenvalue weighted by molar-refractivity contribution is -0.659. The zero-order valence-corrected chi connectivity index (χ0v) is 16.0. The van der Waals surface area contributed by atoms with Crippen LogP contribution in [0.5, 0.6) is 0 Å². The van der Waals surface area contributed by atoms with Gasteiger partial charge in [0.15, 0.2) is 6.54 Å². The average molecular weight is 416 g/mol. The minimum atomic E-state index is -4.47. The molecule has 148 valence electrons. The predicted octanol–water partition coefficient (Wildman–Crippen LogP) is 3.99. The van der Waals surface area contributed by atoms with Gasteiger partial charge in [-0.05, 0) is 36.4 Å². The molecule has 1 aliphatic heterocycles. The highest BCUT2D eigenvalue weighted by atomic mass is 32.2.